The molecule has 0 saturated carbocycles. The van der Waals surface area contributed by atoms with Crippen LogP contribution in [0.25, 0.3) is 0 Å². The second-order valence-corrected chi connectivity index (χ2v) is 6.72. The number of nitrogens with zero attached hydrogens (tertiary/aromatic N) is 2. The Morgan fingerprint density at radius 2 is 1.75 bits per heavy atom. The SMILES string of the molecule is COc1cc(OC)nc(SC(C=O)C(C)(C)c2ccccc2F)n1. The van der Waals surface area contributed by atoms with Gasteiger partial charge < -0.3 is 14.3 Å². The standard InChI is InChI=1S/C17H19FN2O3S/c1-17(2,11-7-5-6-8-12(11)18)13(10-21)24-16-19-14(22-3)9-15(20-16)23-4/h5-10,13H,1-4H3. The predicted octanol–water partition coefficient (Wildman–Crippen LogP) is 3.27. The molecule has 1 heterocycles. The van der Waals surface area contributed by atoms with Crippen molar-refractivity contribution in [3.63, 3.8) is 0 Å². The highest BCUT2D eigenvalue weighted by Gasteiger charge is 2.35. The maximum atomic E-state index is 14.2. The monoisotopic (exact) mass is 350 g/mol. The fourth-order valence-corrected chi connectivity index (χ4v) is 3.23. The fraction of sp³-hybridized carbons (Fsp3) is 0.353. The molecule has 0 aliphatic rings. The third kappa shape index (κ3) is 3.84. The molecule has 0 saturated heterocycles. The lowest BCUT2D eigenvalue weighted by Crippen LogP contribution is -2.33. The van der Waals surface area contributed by atoms with Gasteiger partial charge in [0.15, 0.2) is 5.16 Å². The van der Waals surface area contributed by atoms with Gasteiger partial charge in [-0.05, 0) is 11.6 Å². The highest BCUT2D eigenvalue weighted by atomic mass is 32.2. The Bertz CT molecular complexity index is 702. The van der Waals surface area contributed by atoms with Gasteiger partial charge in [-0.1, -0.05) is 43.8 Å². The minimum Gasteiger partial charge on any atom is -0.481 e. The van der Waals surface area contributed by atoms with Crippen LogP contribution in [0.2, 0.25) is 0 Å². The van der Waals surface area contributed by atoms with Crippen molar-refractivity contribution >= 4 is 18.0 Å². The molecule has 0 radical (unpaired) electrons. The molecule has 0 spiro atoms. The Hall–Kier alpha value is -2.15. The summed E-state index contributed by atoms with van der Waals surface area (Å²) < 4.78 is 24.4. The van der Waals surface area contributed by atoms with Crippen molar-refractivity contribution in [2.75, 3.05) is 14.2 Å². The van der Waals surface area contributed by atoms with E-state index in [1.165, 1.54) is 20.3 Å². The number of carbonyl (C=O) groups is 1. The maximum Gasteiger partial charge on any atom is 0.220 e. The van der Waals surface area contributed by atoms with Crippen LogP contribution in [0.3, 0.4) is 0 Å². The number of carbonyl (C=O) groups excluding carboxylic acids is 1. The molecule has 5 nitrogen and oxygen atoms in total. The molecule has 0 fully saturated rings. The van der Waals surface area contributed by atoms with Gasteiger partial charge in [0.2, 0.25) is 11.8 Å². The Morgan fingerprint density at radius 3 is 2.25 bits per heavy atom. The summed E-state index contributed by atoms with van der Waals surface area (Å²) in [5.41, 5.74) is -0.290. The van der Waals surface area contributed by atoms with E-state index in [1.54, 1.807) is 24.3 Å². The van der Waals surface area contributed by atoms with Gasteiger partial charge in [-0.25, -0.2) is 4.39 Å². The summed E-state index contributed by atoms with van der Waals surface area (Å²) in [6, 6.07) is 7.97. The summed E-state index contributed by atoms with van der Waals surface area (Å²) in [4.78, 5) is 20.1. The third-order valence-corrected chi connectivity index (χ3v) is 5.06. The summed E-state index contributed by atoms with van der Waals surface area (Å²) in [7, 11) is 2.97. The van der Waals surface area contributed by atoms with E-state index in [4.69, 9.17) is 9.47 Å². The highest BCUT2D eigenvalue weighted by Crippen LogP contribution is 2.38. The van der Waals surface area contributed by atoms with E-state index >= 15 is 0 Å². The molecule has 7 heteroatoms. The average Bonchev–Trinajstić information content (AvgIpc) is 2.59. The quantitative estimate of drug-likeness (QED) is 0.434. The Labute approximate surface area is 144 Å². The number of aromatic nitrogens is 2. The maximum absolute atomic E-state index is 14.2. The summed E-state index contributed by atoms with van der Waals surface area (Å²) >= 11 is 1.14. The first-order chi connectivity index (χ1) is 11.4. The van der Waals surface area contributed by atoms with E-state index in [0.717, 1.165) is 18.0 Å². The normalized spacial score (nSPS) is 12.5. The van der Waals surface area contributed by atoms with Gasteiger partial charge in [-0.15, -0.1) is 0 Å². The molecular weight excluding hydrogens is 331 g/mol. The molecule has 1 atom stereocenters. The molecule has 2 aromatic rings. The molecule has 128 valence electrons. The molecular formula is C17H19FN2O3S. The van der Waals surface area contributed by atoms with Gasteiger partial charge >= 0.3 is 0 Å². The topological polar surface area (TPSA) is 61.3 Å². The molecule has 1 unspecified atom stereocenters. The molecule has 0 bridgehead atoms. The van der Waals surface area contributed by atoms with Crippen molar-refractivity contribution in [1.82, 2.24) is 9.97 Å². The third-order valence-electron chi connectivity index (χ3n) is 3.71. The van der Waals surface area contributed by atoms with Gasteiger partial charge in [0.05, 0.1) is 25.5 Å². The largest absolute Gasteiger partial charge is 0.481 e. The lowest BCUT2D eigenvalue weighted by Gasteiger charge is -2.30. The van der Waals surface area contributed by atoms with Crippen molar-refractivity contribution in [1.29, 1.82) is 0 Å². The zero-order valence-electron chi connectivity index (χ0n) is 13.9. The Kier molecular flexibility index (Phi) is 5.77. The van der Waals surface area contributed by atoms with Crippen molar-refractivity contribution in [3.05, 3.63) is 41.7 Å². The average molecular weight is 350 g/mol. The van der Waals surface area contributed by atoms with Crippen LogP contribution in [0.4, 0.5) is 4.39 Å². The lowest BCUT2D eigenvalue weighted by atomic mass is 9.81. The van der Waals surface area contributed by atoms with Crippen LogP contribution in [0.5, 0.6) is 11.8 Å². The van der Waals surface area contributed by atoms with E-state index in [2.05, 4.69) is 9.97 Å². The van der Waals surface area contributed by atoms with Crippen molar-refractivity contribution in [3.8, 4) is 11.8 Å². The van der Waals surface area contributed by atoms with E-state index in [9.17, 15) is 9.18 Å². The molecule has 0 amide bonds. The molecule has 0 N–H and O–H groups in total. The lowest BCUT2D eigenvalue weighted by molar-refractivity contribution is -0.108. The molecule has 1 aromatic heterocycles. The predicted molar refractivity (Wildman–Crippen MR) is 90.3 cm³/mol. The summed E-state index contributed by atoms with van der Waals surface area (Å²) in [5, 5.41) is -0.265. The van der Waals surface area contributed by atoms with Crippen LogP contribution in [-0.2, 0) is 10.2 Å². The van der Waals surface area contributed by atoms with Crippen molar-refractivity contribution in [2.24, 2.45) is 0 Å². The number of halogens is 1. The van der Waals surface area contributed by atoms with Crippen LogP contribution >= 0.6 is 11.8 Å². The number of methoxy groups -OCH3 is 2. The van der Waals surface area contributed by atoms with Gasteiger partial charge in [0.25, 0.3) is 0 Å². The van der Waals surface area contributed by atoms with Crippen LogP contribution < -0.4 is 9.47 Å². The number of benzene rings is 1. The van der Waals surface area contributed by atoms with Gasteiger partial charge in [0, 0.05) is 5.41 Å². The van der Waals surface area contributed by atoms with Crippen LogP contribution in [0.1, 0.15) is 19.4 Å². The molecule has 24 heavy (non-hydrogen) atoms. The second-order valence-electron chi connectivity index (χ2n) is 5.61. The molecule has 0 aliphatic carbocycles. The van der Waals surface area contributed by atoms with Crippen molar-refractivity contribution in [2.45, 2.75) is 29.7 Å². The minimum atomic E-state index is -0.753. The first-order valence-electron chi connectivity index (χ1n) is 7.26. The van der Waals surface area contributed by atoms with Gasteiger partial charge in [-0.2, -0.15) is 9.97 Å². The summed E-state index contributed by atoms with van der Waals surface area (Å²) in [5.74, 6) is 0.314. The molecule has 2 rings (SSSR count). The minimum absolute atomic E-state index is 0.327. The number of hydrogen-bond acceptors (Lipinski definition) is 6. The first kappa shape index (κ1) is 18.2. The van der Waals surface area contributed by atoms with E-state index in [-0.39, 0.29) is 5.82 Å². The van der Waals surface area contributed by atoms with Crippen LogP contribution in [0, 0.1) is 5.82 Å². The van der Waals surface area contributed by atoms with Gasteiger partial charge in [0.1, 0.15) is 12.1 Å². The summed E-state index contributed by atoms with van der Waals surface area (Å²) in [6.07, 6.45) is 0.784. The van der Waals surface area contributed by atoms with E-state index in [0.29, 0.717) is 22.5 Å². The summed E-state index contributed by atoms with van der Waals surface area (Å²) in [6.45, 7) is 3.63. The second kappa shape index (κ2) is 7.61. The fourth-order valence-electron chi connectivity index (χ4n) is 2.24. The molecule has 0 aliphatic heterocycles. The smallest absolute Gasteiger partial charge is 0.220 e. The first-order valence-corrected chi connectivity index (χ1v) is 8.14. The van der Waals surface area contributed by atoms with Crippen molar-refractivity contribution < 1.29 is 18.7 Å². The number of ether oxygens (including phenoxy) is 2. The van der Waals surface area contributed by atoms with E-state index < -0.39 is 10.7 Å². The number of thioether (sulfide) groups is 1. The Balaban J connectivity index is 2.35. The van der Waals surface area contributed by atoms with Gasteiger partial charge in [-0.3, -0.25) is 0 Å². The van der Waals surface area contributed by atoms with E-state index in [1.807, 2.05) is 13.8 Å². The zero-order valence-corrected chi connectivity index (χ0v) is 14.8. The van der Waals surface area contributed by atoms with Crippen LogP contribution in [0.15, 0.2) is 35.5 Å². The number of rotatable bonds is 7. The zero-order chi connectivity index (χ0) is 17.7. The van der Waals surface area contributed by atoms with Crippen LogP contribution in [-0.4, -0.2) is 35.7 Å². The number of aldehydes is 1. The highest BCUT2D eigenvalue weighted by molar-refractivity contribution is 8.00. The molecule has 1 aromatic carbocycles. The Morgan fingerprint density at radius 1 is 1.17 bits per heavy atom. The number of hydrogen-bond donors (Lipinski definition) is 0.